The summed E-state index contributed by atoms with van der Waals surface area (Å²) in [5.74, 6) is 1.23. The van der Waals surface area contributed by atoms with Crippen LogP contribution in [0.5, 0.6) is 0 Å². The van der Waals surface area contributed by atoms with Crippen molar-refractivity contribution in [1.29, 1.82) is 0 Å². The number of carbonyl (C=O) groups excluding carboxylic acids is 1. The van der Waals surface area contributed by atoms with Crippen LogP contribution in [0.25, 0.3) is 0 Å². The van der Waals surface area contributed by atoms with E-state index in [4.69, 9.17) is 4.74 Å². The van der Waals surface area contributed by atoms with Gasteiger partial charge in [-0.05, 0) is 24.1 Å². The molecule has 1 amide bonds. The summed E-state index contributed by atoms with van der Waals surface area (Å²) in [5, 5.41) is 9.27. The Kier molecular flexibility index (Phi) is 7.44. The summed E-state index contributed by atoms with van der Waals surface area (Å²) in [5.41, 5.74) is 3.51. The van der Waals surface area contributed by atoms with Crippen LogP contribution in [0.1, 0.15) is 17.0 Å². The summed E-state index contributed by atoms with van der Waals surface area (Å²) in [4.78, 5) is 17.0. The minimum Gasteiger partial charge on any atom is -0.378 e. The van der Waals surface area contributed by atoms with Crippen LogP contribution in [0.4, 0.5) is 5.69 Å². The minimum absolute atomic E-state index is 0.0682. The van der Waals surface area contributed by atoms with Crippen molar-refractivity contribution in [2.45, 2.75) is 25.2 Å². The van der Waals surface area contributed by atoms with Crippen molar-refractivity contribution in [2.24, 2.45) is 0 Å². The molecule has 1 aromatic heterocycles. The fourth-order valence-corrected chi connectivity index (χ4v) is 4.68. The molecule has 2 heterocycles. The summed E-state index contributed by atoms with van der Waals surface area (Å²) in [6.45, 7) is 6.44. The second kappa shape index (κ2) is 10.7. The Hall–Kier alpha value is -2.84. The lowest BCUT2D eigenvalue weighted by Crippen LogP contribution is -2.37. The van der Waals surface area contributed by atoms with Crippen molar-refractivity contribution in [1.82, 2.24) is 19.7 Å². The highest BCUT2D eigenvalue weighted by molar-refractivity contribution is 7.99. The van der Waals surface area contributed by atoms with E-state index in [2.05, 4.69) is 43.9 Å². The average Bonchev–Trinajstić information content (AvgIpc) is 3.18. The Morgan fingerprint density at radius 3 is 2.56 bits per heavy atom. The zero-order valence-corrected chi connectivity index (χ0v) is 19.4. The van der Waals surface area contributed by atoms with Crippen molar-refractivity contribution >= 4 is 23.4 Å². The number of anilines is 1. The molecule has 1 aliphatic rings. The van der Waals surface area contributed by atoms with Gasteiger partial charge in [-0.2, -0.15) is 0 Å². The maximum atomic E-state index is 12.9. The third-order valence-corrected chi connectivity index (χ3v) is 6.54. The van der Waals surface area contributed by atoms with Crippen LogP contribution < -0.4 is 4.90 Å². The van der Waals surface area contributed by atoms with Gasteiger partial charge in [0, 0.05) is 32.4 Å². The Morgan fingerprint density at radius 1 is 1.06 bits per heavy atom. The lowest BCUT2D eigenvalue weighted by Gasteiger charge is -2.31. The van der Waals surface area contributed by atoms with Crippen molar-refractivity contribution in [3.63, 3.8) is 0 Å². The van der Waals surface area contributed by atoms with Gasteiger partial charge >= 0.3 is 0 Å². The van der Waals surface area contributed by atoms with Gasteiger partial charge in [0.15, 0.2) is 5.16 Å². The summed E-state index contributed by atoms with van der Waals surface area (Å²) >= 11 is 1.44. The number of ether oxygens (including phenoxy) is 1. The number of nitrogens with zero attached hydrogens (tertiary/aromatic N) is 5. The number of aromatic nitrogens is 3. The number of aryl methyl sites for hydroxylation is 1. The standard InChI is InChI=1S/C24H29N5O2S/c1-19-25-26-24(29(19)16-20-8-4-3-5-9-20)32-18-23(30)27(2)17-21-10-6-7-11-22(21)28-12-14-31-15-13-28/h3-11H,12-18H2,1-2H3. The summed E-state index contributed by atoms with van der Waals surface area (Å²) in [7, 11) is 1.86. The molecule has 0 aliphatic carbocycles. The monoisotopic (exact) mass is 451 g/mol. The van der Waals surface area contributed by atoms with E-state index in [1.54, 1.807) is 4.90 Å². The molecule has 4 rings (SSSR count). The van der Waals surface area contributed by atoms with E-state index >= 15 is 0 Å². The van der Waals surface area contributed by atoms with Gasteiger partial charge in [-0.25, -0.2) is 0 Å². The summed E-state index contributed by atoms with van der Waals surface area (Å²) in [6.07, 6.45) is 0. The molecule has 0 unspecified atom stereocenters. The molecule has 0 saturated carbocycles. The molecule has 32 heavy (non-hydrogen) atoms. The number of morpholine rings is 1. The first-order valence-corrected chi connectivity index (χ1v) is 11.8. The highest BCUT2D eigenvalue weighted by Crippen LogP contribution is 2.24. The molecular formula is C24H29N5O2S. The molecule has 0 atom stereocenters. The van der Waals surface area contributed by atoms with Gasteiger partial charge in [-0.1, -0.05) is 60.3 Å². The fourth-order valence-electron chi connectivity index (χ4n) is 3.75. The Labute approximate surface area is 193 Å². The van der Waals surface area contributed by atoms with E-state index in [9.17, 15) is 4.79 Å². The average molecular weight is 452 g/mol. The van der Waals surface area contributed by atoms with Crippen LogP contribution in [-0.2, 0) is 22.6 Å². The molecule has 0 bridgehead atoms. The molecule has 0 N–H and O–H groups in total. The van der Waals surface area contributed by atoms with Gasteiger partial charge < -0.3 is 19.1 Å². The lowest BCUT2D eigenvalue weighted by atomic mass is 10.1. The van der Waals surface area contributed by atoms with Crippen molar-refractivity contribution < 1.29 is 9.53 Å². The second-order valence-corrected chi connectivity index (χ2v) is 8.81. The molecule has 168 valence electrons. The normalized spacial score (nSPS) is 13.9. The summed E-state index contributed by atoms with van der Waals surface area (Å²) in [6, 6.07) is 18.5. The molecule has 7 nitrogen and oxygen atoms in total. The van der Waals surface area contributed by atoms with Crippen molar-refractivity contribution in [3.05, 3.63) is 71.5 Å². The zero-order chi connectivity index (χ0) is 22.3. The predicted octanol–water partition coefficient (Wildman–Crippen LogP) is 3.22. The quantitative estimate of drug-likeness (QED) is 0.490. The molecule has 2 aromatic carbocycles. The lowest BCUT2D eigenvalue weighted by molar-refractivity contribution is -0.127. The maximum Gasteiger partial charge on any atom is 0.233 e. The van der Waals surface area contributed by atoms with Crippen LogP contribution in [0.15, 0.2) is 59.8 Å². The number of hydrogen-bond acceptors (Lipinski definition) is 6. The van der Waals surface area contributed by atoms with Crippen LogP contribution in [-0.4, -0.2) is 64.7 Å². The highest BCUT2D eigenvalue weighted by Gasteiger charge is 2.18. The van der Waals surface area contributed by atoms with Gasteiger partial charge in [0.25, 0.3) is 0 Å². The Bertz CT molecular complexity index is 1030. The molecule has 1 aliphatic heterocycles. The first-order valence-electron chi connectivity index (χ1n) is 10.8. The number of rotatable bonds is 8. The number of carbonyl (C=O) groups is 1. The number of thioether (sulfide) groups is 1. The maximum absolute atomic E-state index is 12.9. The van der Waals surface area contributed by atoms with Crippen LogP contribution in [0, 0.1) is 6.92 Å². The minimum atomic E-state index is 0.0682. The topological polar surface area (TPSA) is 63.5 Å². The Balaban J connectivity index is 1.37. The summed E-state index contributed by atoms with van der Waals surface area (Å²) < 4.78 is 7.54. The van der Waals surface area contributed by atoms with Gasteiger partial charge in [0.05, 0.1) is 25.5 Å². The first-order chi connectivity index (χ1) is 15.6. The number of hydrogen-bond donors (Lipinski definition) is 0. The predicted molar refractivity (Wildman–Crippen MR) is 127 cm³/mol. The molecular weight excluding hydrogens is 422 g/mol. The molecule has 8 heteroatoms. The molecule has 3 aromatic rings. The van der Waals surface area contributed by atoms with E-state index in [1.807, 2.05) is 44.3 Å². The van der Waals surface area contributed by atoms with Crippen LogP contribution in [0.2, 0.25) is 0 Å². The number of para-hydroxylation sites is 1. The highest BCUT2D eigenvalue weighted by atomic mass is 32.2. The van der Waals surface area contributed by atoms with E-state index in [0.29, 0.717) is 18.8 Å². The van der Waals surface area contributed by atoms with Gasteiger partial charge in [0.2, 0.25) is 5.91 Å². The molecule has 1 fully saturated rings. The smallest absolute Gasteiger partial charge is 0.233 e. The van der Waals surface area contributed by atoms with Gasteiger partial charge in [0.1, 0.15) is 5.82 Å². The van der Waals surface area contributed by atoms with Crippen molar-refractivity contribution in [3.8, 4) is 0 Å². The largest absolute Gasteiger partial charge is 0.378 e. The SMILES string of the molecule is Cc1nnc(SCC(=O)N(C)Cc2ccccc2N2CCOCC2)n1Cc1ccccc1. The van der Waals surface area contributed by atoms with Gasteiger partial charge in [-0.3, -0.25) is 4.79 Å². The third-order valence-electron chi connectivity index (χ3n) is 5.59. The van der Waals surface area contributed by atoms with E-state index in [0.717, 1.165) is 42.8 Å². The van der Waals surface area contributed by atoms with E-state index in [1.165, 1.54) is 23.0 Å². The van der Waals surface area contributed by atoms with Gasteiger partial charge in [-0.15, -0.1) is 10.2 Å². The fraction of sp³-hybridized carbons (Fsp3) is 0.375. The zero-order valence-electron chi connectivity index (χ0n) is 18.6. The third kappa shape index (κ3) is 5.49. The van der Waals surface area contributed by atoms with Crippen molar-refractivity contribution in [2.75, 3.05) is 44.0 Å². The van der Waals surface area contributed by atoms with E-state index < -0.39 is 0 Å². The first kappa shape index (κ1) is 22.4. The molecule has 0 spiro atoms. The number of amides is 1. The van der Waals surface area contributed by atoms with Crippen LogP contribution >= 0.6 is 11.8 Å². The molecule has 0 radical (unpaired) electrons. The second-order valence-electron chi connectivity index (χ2n) is 7.87. The molecule has 1 saturated heterocycles. The van der Waals surface area contributed by atoms with E-state index in [-0.39, 0.29) is 5.91 Å². The Morgan fingerprint density at radius 2 is 1.78 bits per heavy atom. The van der Waals surface area contributed by atoms with Crippen LogP contribution in [0.3, 0.4) is 0 Å². The number of benzene rings is 2.